The van der Waals surface area contributed by atoms with E-state index in [4.69, 9.17) is 10.00 Å². The van der Waals surface area contributed by atoms with Crippen molar-refractivity contribution >= 4 is 5.69 Å². The maximum Gasteiger partial charge on any atom is 0.322 e. The molecule has 100 valence electrons. The van der Waals surface area contributed by atoms with Crippen LogP contribution in [0.25, 0.3) is 0 Å². The van der Waals surface area contributed by atoms with Crippen LogP contribution in [0, 0.1) is 21.4 Å². The first-order chi connectivity index (χ1) is 9.63. The minimum Gasteiger partial charge on any atom is -0.424 e. The number of rotatable bonds is 4. The first kappa shape index (κ1) is 13.4. The Labute approximate surface area is 114 Å². The molecule has 0 radical (unpaired) electrons. The van der Waals surface area contributed by atoms with E-state index in [1.165, 1.54) is 0 Å². The molecule has 1 aromatic heterocycles. The van der Waals surface area contributed by atoms with Crippen molar-refractivity contribution < 1.29 is 9.66 Å². The molecule has 0 spiro atoms. The van der Waals surface area contributed by atoms with Crippen LogP contribution in [0.4, 0.5) is 5.69 Å². The molecule has 2 aromatic rings. The molecule has 0 bridgehead atoms. The van der Waals surface area contributed by atoms with Crippen molar-refractivity contribution in [2.75, 3.05) is 0 Å². The summed E-state index contributed by atoms with van der Waals surface area (Å²) < 4.78 is 5.48. The SMILES string of the molecule is CCc1cc(C#N)ccc1Oc1ncc([N+](=O)[O-])cn1. The summed E-state index contributed by atoms with van der Waals surface area (Å²) in [6.07, 6.45) is 2.84. The molecule has 0 saturated carbocycles. The Morgan fingerprint density at radius 1 is 1.40 bits per heavy atom. The van der Waals surface area contributed by atoms with Gasteiger partial charge in [-0.05, 0) is 30.2 Å². The topological polar surface area (TPSA) is 102 Å². The Morgan fingerprint density at radius 2 is 2.10 bits per heavy atom. The molecule has 0 saturated heterocycles. The Hall–Kier alpha value is -3.01. The van der Waals surface area contributed by atoms with Crippen LogP contribution in [0.5, 0.6) is 11.8 Å². The number of ether oxygens (including phenoxy) is 1. The maximum absolute atomic E-state index is 10.5. The van der Waals surface area contributed by atoms with E-state index >= 15 is 0 Å². The number of hydrogen-bond acceptors (Lipinski definition) is 6. The molecule has 2 rings (SSSR count). The van der Waals surface area contributed by atoms with Gasteiger partial charge in [-0.25, -0.2) is 0 Å². The molecule has 0 aliphatic carbocycles. The molecule has 0 N–H and O–H groups in total. The van der Waals surface area contributed by atoms with Gasteiger partial charge in [0, 0.05) is 0 Å². The fourth-order valence-electron chi connectivity index (χ4n) is 1.58. The fraction of sp³-hybridized carbons (Fsp3) is 0.154. The first-order valence-corrected chi connectivity index (χ1v) is 5.81. The summed E-state index contributed by atoms with van der Waals surface area (Å²) in [6.45, 7) is 1.93. The summed E-state index contributed by atoms with van der Waals surface area (Å²) in [6, 6.07) is 7.08. The number of nitro groups is 1. The smallest absolute Gasteiger partial charge is 0.322 e. The monoisotopic (exact) mass is 270 g/mol. The van der Waals surface area contributed by atoms with Gasteiger partial charge in [-0.3, -0.25) is 10.1 Å². The second-order valence-electron chi connectivity index (χ2n) is 3.87. The van der Waals surface area contributed by atoms with Crippen molar-refractivity contribution in [2.45, 2.75) is 13.3 Å². The van der Waals surface area contributed by atoms with Crippen LogP contribution in [-0.4, -0.2) is 14.9 Å². The first-order valence-electron chi connectivity index (χ1n) is 5.81. The second kappa shape index (κ2) is 5.75. The third kappa shape index (κ3) is 2.87. The Balaban J connectivity index is 2.25. The normalized spacial score (nSPS) is 9.80. The van der Waals surface area contributed by atoms with Crippen LogP contribution in [0.3, 0.4) is 0 Å². The van der Waals surface area contributed by atoms with Crippen molar-refractivity contribution in [3.8, 4) is 17.8 Å². The molecule has 20 heavy (non-hydrogen) atoms. The molecule has 0 atom stereocenters. The third-order valence-electron chi connectivity index (χ3n) is 2.60. The van der Waals surface area contributed by atoms with Gasteiger partial charge in [0.25, 0.3) is 0 Å². The summed E-state index contributed by atoms with van der Waals surface area (Å²) in [5.74, 6) is 0.528. The molecule has 1 aromatic carbocycles. The summed E-state index contributed by atoms with van der Waals surface area (Å²) in [7, 11) is 0. The number of aromatic nitrogens is 2. The summed E-state index contributed by atoms with van der Waals surface area (Å²) in [4.78, 5) is 17.5. The molecule has 7 heteroatoms. The molecule has 0 unspecified atom stereocenters. The lowest BCUT2D eigenvalue weighted by Gasteiger charge is -2.08. The predicted octanol–water partition coefficient (Wildman–Crippen LogP) is 2.61. The molecule has 1 heterocycles. The van der Waals surface area contributed by atoms with Gasteiger partial charge in [0.2, 0.25) is 0 Å². The average molecular weight is 270 g/mol. The van der Waals surface area contributed by atoms with Crippen LogP contribution in [0.15, 0.2) is 30.6 Å². The van der Waals surface area contributed by atoms with E-state index in [9.17, 15) is 10.1 Å². The summed E-state index contributed by atoms with van der Waals surface area (Å²) in [5.41, 5.74) is 1.18. The highest BCUT2D eigenvalue weighted by Gasteiger charge is 2.10. The Morgan fingerprint density at radius 3 is 2.65 bits per heavy atom. The van der Waals surface area contributed by atoms with Crippen LogP contribution in [0.1, 0.15) is 18.1 Å². The maximum atomic E-state index is 10.5. The van der Waals surface area contributed by atoms with Gasteiger partial charge in [0.1, 0.15) is 18.1 Å². The molecule has 7 nitrogen and oxygen atoms in total. The number of benzene rings is 1. The lowest BCUT2D eigenvalue weighted by molar-refractivity contribution is -0.385. The fourth-order valence-corrected chi connectivity index (χ4v) is 1.58. The summed E-state index contributed by atoms with van der Waals surface area (Å²) in [5, 5.41) is 19.3. The van der Waals surface area contributed by atoms with Crippen molar-refractivity contribution in [3.05, 3.63) is 51.8 Å². The molecule has 0 aliphatic heterocycles. The lowest BCUT2D eigenvalue weighted by atomic mass is 10.1. The van der Waals surface area contributed by atoms with Gasteiger partial charge >= 0.3 is 11.7 Å². The molecule has 0 fully saturated rings. The number of nitrogens with zero attached hydrogens (tertiary/aromatic N) is 4. The number of aryl methyl sites for hydroxylation is 1. The minimum absolute atomic E-state index is 0.0232. The van der Waals surface area contributed by atoms with Crippen LogP contribution in [-0.2, 0) is 6.42 Å². The molecule has 0 aliphatic rings. The van der Waals surface area contributed by atoms with E-state index in [0.29, 0.717) is 17.7 Å². The molecule has 0 amide bonds. The van der Waals surface area contributed by atoms with Crippen molar-refractivity contribution in [1.82, 2.24) is 9.97 Å². The van der Waals surface area contributed by atoms with Gasteiger partial charge in [-0.1, -0.05) is 6.92 Å². The Kier molecular flexibility index (Phi) is 3.86. The van der Waals surface area contributed by atoms with Crippen LogP contribution in [0.2, 0.25) is 0 Å². The zero-order valence-electron chi connectivity index (χ0n) is 10.6. The van der Waals surface area contributed by atoms with Gasteiger partial charge in [0.15, 0.2) is 0 Å². The highest BCUT2D eigenvalue weighted by atomic mass is 16.6. The average Bonchev–Trinajstić information content (AvgIpc) is 2.48. The van der Waals surface area contributed by atoms with Crippen LogP contribution < -0.4 is 4.74 Å². The highest BCUT2D eigenvalue weighted by molar-refractivity contribution is 5.43. The lowest BCUT2D eigenvalue weighted by Crippen LogP contribution is -1.97. The van der Waals surface area contributed by atoms with E-state index in [1.54, 1.807) is 18.2 Å². The quantitative estimate of drug-likeness (QED) is 0.625. The van der Waals surface area contributed by atoms with E-state index in [2.05, 4.69) is 16.0 Å². The van der Waals surface area contributed by atoms with E-state index in [-0.39, 0.29) is 11.7 Å². The zero-order chi connectivity index (χ0) is 14.5. The highest BCUT2D eigenvalue weighted by Crippen LogP contribution is 2.25. The third-order valence-corrected chi connectivity index (χ3v) is 2.60. The number of hydrogen-bond donors (Lipinski definition) is 0. The Bertz CT molecular complexity index is 677. The van der Waals surface area contributed by atoms with Crippen molar-refractivity contribution in [1.29, 1.82) is 5.26 Å². The van der Waals surface area contributed by atoms with E-state index in [0.717, 1.165) is 18.0 Å². The van der Waals surface area contributed by atoms with Crippen molar-refractivity contribution in [2.24, 2.45) is 0 Å². The van der Waals surface area contributed by atoms with E-state index in [1.807, 2.05) is 6.92 Å². The van der Waals surface area contributed by atoms with Gasteiger partial charge in [0.05, 0.1) is 16.6 Å². The minimum atomic E-state index is -0.580. The van der Waals surface area contributed by atoms with E-state index < -0.39 is 4.92 Å². The van der Waals surface area contributed by atoms with Gasteiger partial charge < -0.3 is 4.74 Å². The van der Waals surface area contributed by atoms with Crippen LogP contribution >= 0.6 is 0 Å². The molecular formula is C13H10N4O3. The summed E-state index contributed by atoms with van der Waals surface area (Å²) >= 11 is 0. The zero-order valence-corrected chi connectivity index (χ0v) is 10.6. The van der Waals surface area contributed by atoms with Gasteiger partial charge in [-0.15, -0.1) is 0 Å². The van der Waals surface area contributed by atoms with Crippen molar-refractivity contribution in [3.63, 3.8) is 0 Å². The van der Waals surface area contributed by atoms with Gasteiger partial charge in [-0.2, -0.15) is 15.2 Å². The number of nitriles is 1. The standard InChI is InChI=1S/C13H10N4O3/c1-2-10-5-9(6-14)3-4-12(10)20-13-15-7-11(8-16-13)17(18)19/h3-5,7-8H,2H2,1H3. The molecular weight excluding hydrogens is 260 g/mol. The predicted molar refractivity (Wildman–Crippen MR) is 69.3 cm³/mol. The largest absolute Gasteiger partial charge is 0.424 e. The second-order valence-corrected chi connectivity index (χ2v) is 3.87.